The Morgan fingerprint density at radius 3 is 2.62 bits per heavy atom. The highest BCUT2D eigenvalue weighted by molar-refractivity contribution is 5.19. The van der Waals surface area contributed by atoms with Gasteiger partial charge < -0.3 is 10.4 Å². The Morgan fingerprint density at radius 1 is 1.56 bits per heavy atom. The van der Waals surface area contributed by atoms with Crippen molar-refractivity contribution in [2.45, 2.75) is 32.4 Å². The van der Waals surface area contributed by atoms with Crippen molar-refractivity contribution in [1.29, 1.82) is 0 Å². The second-order valence-corrected chi connectivity index (χ2v) is 3.88. The molecule has 4 nitrogen and oxygen atoms in total. The summed E-state index contributed by atoms with van der Waals surface area (Å²) < 4.78 is 25.8. The van der Waals surface area contributed by atoms with Crippen LogP contribution in [0.25, 0.3) is 0 Å². The van der Waals surface area contributed by atoms with Crippen molar-refractivity contribution >= 4 is 0 Å². The number of hydrogen-bond donors (Lipinski definition) is 2. The predicted molar refractivity (Wildman–Crippen MR) is 56.4 cm³/mol. The summed E-state index contributed by atoms with van der Waals surface area (Å²) in [6, 6.07) is -0.109. The Kier molecular flexibility index (Phi) is 4.37. The molecule has 1 rings (SSSR count). The maximum absolute atomic E-state index is 12.1. The minimum atomic E-state index is -2.71. The summed E-state index contributed by atoms with van der Waals surface area (Å²) in [6.45, 7) is 3.58. The van der Waals surface area contributed by atoms with Gasteiger partial charge in [0.15, 0.2) is 0 Å². The van der Waals surface area contributed by atoms with Gasteiger partial charge in [0.2, 0.25) is 0 Å². The molecule has 0 saturated carbocycles. The summed E-state index contributed by atoms with van der Waals surface area (Å²) >= 11 is 0. The standard InChI is InChI=1S/C10H17F2N3O/c1-6(13-4-9(16)10(11)12)8-5-15(3)14-7(8)2/h5-6,9-10,13,16H,4H2,1-3H3. The zero-order valence-corrected chi connectivity index (χ0v) is 9.61. The maximum Gasteiger partial charge on any atom is 0.265 e. The number of nitrogens with one attached hydrogen (secondary N) is 1. The number of aromatic nitrogens is 2. The predicted octanol–water partition coefficient (Wildman–Crippen LogP) is 1.01. The van der Waals surface area contributed by atoms with Crippen molar-refractivity contribution in [1.82, 2.24) is 15.1 Å². The summed E-state index contributed by atoms with van der Waals surface area (Å²) in [4.78, 5) is 0. The summed E-state index contributed by atoms with van der Waals surface area (Å²) in [5.41, 5.74) is 1.80. The summed E-state index contributed by atoms with van der Waals surface area (Å²) in [5, 5.41) is 16.0. The van der Waals surface area contributed by atoms with Gasteiger partial charge in [0.1, 0.15) is 6.10 Å². The van der Waals surface area contributed by atoms with Gasteiger partial charge in [-0.1, -0.05) is 0 Å². The van der Waals surface area contributed by atoms with Crippen LogP contribution >= 0.6 is 0 Å². The number of aryl methyl sites for hydroxylation is 2. The molecule has 2 atom stereocenters. The molecule has 2 unspecified atom stereocenters. The molecule has 1 aromatic rings. The largest absolute Gasteiger partial charge is 0.386 e. The van der Waals surface area contributed by atoms with Gasteiger partial charge in [0.25, 0.3) is 6.43 Å². The molecule has 0 radical (unpaired) electrons. The highest BCUT2D eigenvalue weighted by Gasteiger charge is 2.18. The number of halogens is 2. The molecule has 0 fully saturated rings. The molecule has 0 aliphatic heterocycles. The van der Waals surface area contributed by atoms with Crippen LogP contribution in [0.4, 0.5) is 8.78 Å². The van der Waals surface area contributed by atoms with Crippen LogP contribution in [0, 0.1) is 6.92 Å². The topological polar surface area (TPSA) is 50.1 Å². The van der Waals surface area contributed by atoms with E-state index in [0.717, 1.165) is 11.3 Å². The van der Waals surface area contributed by atoms with Crippen LogP contribution in [-0.4, -0.2) is 34.0 Å². The van der Waals surface area contributed by atoms with E-state index in [9.17, 15) is 8.78 Å². The van der Waals surface area contributed by atoms with E-state index in [0.29, 0.717) is 0 Å². The smallest absolute Gasteiger partial charge is 0.265 e. The molecule has 0 bridgehead atoms. The van der Waals surface area contributed by atoms with E-state index in [2.05, 4.69) is 10.4 Å². The van der Waals surface area contributed by atoms with Crippen molar-refractivity contribution in [2.75, 3.05) is 6.54 Å². The first-order chi connectivity index (χ1) is 7.41. The van der Waals surface area contributed by atoms with Crippen LogP contribution in [0.2, 0.25) is 0 Å². The van der Waals surface area contributed by atoms with Crippen molar-refractivity contribution < 1.29 is 13.9 Å². The summed E-state index contributed by atoms with van der Waals surface area (Å²) in [5.74, 6) is 0. The molecule has 1 heterocycles. The Morgan fingerprint density at radius 2 is 2.19 bits per heavy atom. The summed E-state index contributed by atoms with van der Waals surface area (Å²) in [7, 11) is 1.80. The SMILES string of the molecule is Cc1nn(C)cc1C(C)NCC(O)C(F)F. The number of aliphatic hydroxyl groups excluding tert-OH is 1. The quantitative estimate of drug-likeness (QED) is 0.798. The van der Waals surface area contributed by atoms with E-state index in [-0.39, 0.29) is 12.6 Å². The number of aliphatic hydroxyl groups is 1. The zero-order valence-electron chi connectivity index (χ0n) is 9.61. The van der Waals surface area contributed by atoms with Gasteiger partial charge in [-0.25, -0.2) is 8.78 Å². The number of hydrogen-bond acceptors (Lipinski definition) is 3. The molecule has 6 heteroatoms. The lowest BCUT2D eigenvalue weighted by Gasteiger charge is -2.16. The van der Waals surface area contributed by atoms with Gasteiger partial charge in [-0.15, -0.1) is 0 Å². The van der Waals surface area contributed by atoms with Gasteiger partial charge >= 0.3 is 0 Å². The second-order valence-electron chi connectivity index (χ2n) is 3.88. The average molecular weight is 233 g/mol. The third kappa shape index (κ3) is 3.24. The molecule has 0 aliphatic carbocycles. The Bertz CT molecular complexity index is 341. The van der Waals surface area contributed by atoms with Crippen LogP contribution < -0.4 is 5.32 Å². The fourth-order valence-corrected chi connectivity index (χ4v) is 1.54. The molecule has 2 N–H and O–H groups in total. The van der Waals surface area contributed by atoms with Crippen molar-refractivity contribution in [3.63, 3.8) is 0 Å². The Labute approximate surface area is 93.3 Å². The van der Waals surface area contributed by atoms with Crippen LogP contribution in [0.3, 0.4) is 0 Å². The molecule has 0 aliphatic rings. The normalized spacial score (nSPS) is 15.4. The van der Waals surface area contributed by atoms with E-state index in [4.69, 9.17) is 5.11 Å². The molecule has 16 heavy (non-hydrogen) atoms. The maximum atomic E-state index is 12.1. The molecule has 0 spiro atoms. The molecule has 0 aromatic carbocycles. The second kappa shape index (κ2) is 5.36. The molecule has 1 aromatic heterocycles. The monoisotopic (exact) mass is 233 g/mol. The molecule has 0 amide bonds. The molecule has 92 valence electrons. The van der Waals surface area contributed by atoms with Gasteiger partial charge in [0, 0.05) is 31.4 Å². The Balaban J connectivity index is 2.53. The minimum absolute atomic E-state index is 0.109. The highest BCUT2D eigenvalue weighted by Crippen LogP contribution is 2.15. The Hall–Kier alpha value is -1.01. The fourth-order valence-electron chi connectivity index (χ4n) is 1.54. The van der Waals surface area contributed by atoms with E-state index in [1.807, 2.05) is 20.0 Å². The first-order valence-corrected chi connectivity index (χ1v) is 5.11. The zero-order chi connectivity index (χ0) is 12.3. The summed E-state index contributed by atoms with van der Waals surface area (Å²) in [6.07, 6.45) is -2.50. The highest BCUT2D eigenvalue weighted by atomic mass is 19.3. The lowest BCUT2D eigenvalue weighted by atomic mass is 10.1. The van der Waals surface area contributed by atoms with Crippen LogP contribution in [0.5, 0.6) is 0 Å². The van der Waals surface area contributed by atoms with Crippen LogP contribution in [-0.2, 0) is 7.05 Å². The van der Waals surface area contributed by atoms with Gasteiger partial charge in [0.05, 0.1) is 5.69 Å². The van der Waals surface area contributed by atoms with E-state index in [1.165, 1.54) is 0 Å². The first-order valence-electron chi connectivity index (χ1n) is 5.11. The van der Waals surface area contributed by atoms with Crippen LogP contribution in [0.15, 0.2) is 6.20 Å². The van der Waals surface area contributed by atoms with E-state index >= 15 is 0 Å². The third-order valence-electron chi connectivity index (χ3n) is 2.44. The van der Waals surface area contributed by atoms with E-state index < -0.39 is 12.5 Å². The fraction of sp³-hybridized carbons (Fsp3) is 0.700. The molecular weight excluding hydrogens is 216 g/mol. The van der Waals surface area contributed by atoms with Crippen molar-refractivity contribution in [3.8, 4) is 0 Å². The minimum Gasteiger partial charge on any atom is -0.386 e. The van der Waals surface area contributed by atoms with Crippen molar-refractivity contribution in [2.24, 2.45) is 7.05 Å². The lowest BCUT2D eigenvalue weighted by Crippen LogP contribution is -2.33. The molecule has 0 saturated heterocycles. The van der Waals surface area contributed by atoms with Gasteiger partial charge in [-0.3, -0.25) is 4.68 Å². The first kappa shape index (κ1) is 13.1. The third-order valence-corrected chi connectivity index (χ3v) is 2.44. The van der Waals surface area contributed by atoms with Gasteiger partial charge in [-0.2, -0.15) is 5.10 Å². The lowest BCUT2D eigenvalue weighted by molar-refractivity contribution is -0.00440. The van der Waals surface area contributed by atoms with Crippen molar-refractivity contribution in [3.05, 3.63) is 17.5 Å². The van der Waals surface area contributed by atoms with Crippen LogP contribution in [0.1, 0.15) is 24.2 Å². The van der Waals surface area contributed by atoms with Gasteiger partial charge in [-0.05, 0) is 13.8 Å². The molecular formula is C10H17F2N3O. The van der Waals surface area contributed by atoms with E-state index in [1.54, 1.807) is 11.7 Å². The number of nitrogens with zero attached hydrogens (tertiary/aromatic N) is 2. The number of alkyl halides is 2. The number of rotatable bonds is 5. The average Bonchev–Trinajstić information content (AvgIpc) is 2.53.